The Balaban J connectivity index is 2.07. The highest BCUT2D eigenvalue weighted by atomic mass is 19.4. The highest BCUT2D eigenvalue weighted by Crippen LogP contribution is 2.29. The third-order valence-electron chi connectivity index (χ3n) is 4.29. The molecule has 0 spiro atoms. The van der Waals surface area contributed by atoms with Gasteiger partial charge in [0.2, 0.25) is 0 Å². The summed E-state index contributed by atoms with van der Waals surface area (Å²) >= 11 is 0. The van der Waals surface area contributed by atoms with Crippen LogP contribution in [0, 0.1) is 0 Å². The smallest absolute Gasteiger partial charge is 0.352 e. The monoisotopic (exact) mass is 357 g/mol. The number of nitrogens with one attached hydrogen (secondary N) is 1. The van der Waals surface area contributed by atoms with Gasteiger partial charge in [0.25, 0.3) is 5.91 Å². The summed E-state index contributed by atoms with van der Waals surface area (Å²) in [7, 11) is 0. The summed E-state index contributed by atoms with van der Waals surface area (Å²) in [4.78, 5) is 11.9. The van der Waals surface area contributed by atoms with Gasteiger partial charge in [-0.1, -0.05) is 64.7 Å². The van der Waals surface area contributed by atoms with Crippen LogP contribution in [-0.4, -0.2) is 12.5 Å². The molecule has 1 aromatic carbocycles. The molecule has 1 aromatic rings. The molecule has 0 heterocycles. The van der Waals surface area contributed by atoms with E-state index in [9.17, 15) is 18.0 Å². The van der Waals surface area contributed by atoms with E-state index in [0.717, 1.165) is 25.0 Å². The summed E-state index contributed by atoms with van der Waals surface area (Å²) in [5.74, 6) is -0.315. The summed E-state index contributed by atoms with van der Waals surface area (Å²) in [6.07, 6.45) is 7.88. The first-order valence-corrected chi connectivity index (χ1v) is 9.40. The topological polar surface area (TPSA) is 29.1 Å². The van der Waals surface area contributed by atoms with Crippen LogP contribution >= 0.6 is 0 Å². The van der Waals surface area contributed by atoms with Gasteiger partial charge < -0.3 is 5.32 Å². The average Bonchev–Trinajstić information content (AvgIpc) is 2.59. The molecule has 1 rings (SSSR count). The van der Waals surface area contributed by atoms with Crippen molar-refractivity contribution in [1.29, 1.82) is 0 Å². The number of carbonyl (C=O) groups excluding carboxylic acids is 1. The first kappa shape index (κ1) is 21.5. The Morgan fingerprint density at radius 1 is 0.840 bits per heavy atom. The summed E-state index contributed by atoms with van der Waals surface area (Å²) in [5.41, 5.74) is -0.473. The number of amides is 1. The molecule has 0 aliphatic heterocycles. The lowest BCUT2D eigenvalue weighted by Crippen LogP contribution is -2.24. The van der Waals surface area contributed by atoms with E-state index in [2.05, 4.69) is 12.2 Å². The van der Waals surface area contributed by atoms with E-state index in [1.807, 2.05) is 0 Å². The van der Waals surface area contributed by atoms with Gasteiger partial charge in [-0.3, -0.25) is 4.79 Å². The maximum Gasteiger partial charge on any atom is 0.416 e. The van der Waals surface area contributed by atoms with Gasteiger partial charge in [0.1, 0.15) is 0 Å². The zero-order valence-electron chi connectivity index (χ0n) is 15.1. The first-order valence-electron chi connectivity index (χ1n) is 9.40. The lowest BCUT2D eigenvalue weighted by atomic mass is 10.1. The van der Waals surface area contributed by atoms with Gasteiger partial charge in [-0.15, -0.1) is 0 Å². The van der Waals surface area contributed by atoms with Crippen molar-refractivity contribution in [1.82, 2.24) is 5.32 Å². The molecule has 1 N–H and O–H groups in total. The van der Waals surface area contributed by atoms with Crippen LogP contribution < -0.4 is 5.32 Å². The van der Waals surface area contributed by atoms with Crippen LogP contribution in [0.15, 0.2) is 24.3 Å². The quantitative estimate of drug-likeness (QED) is 0.434. The lowest BCUT2D eigenvalue weighted by Gasteiger charge is -2.08. The fourth-order valence-electron chi connectivity index (χ4n) is 2.73. The minimum absolute atomic E-state index is 0.264. The molecule has 0 saturated carbocycles. The van der Waals surface area contributed by atoms with Gasteiger partial charge in [0.15, 0.2) is 0 Å². The van der Waals surface area contributed by atoms with E-state index in [1.54, 1.807) is 0 Å². The zero-order chi connectivity index (χ0) is 18.5. The highest BCUT2D eigenvalue weighted by molar-refractivity contribution is 5.94. The van der Waals surface area contributed by atoms with Crippen LogP contribution in [0.1, 0.15) is 87.1 Å². The Morgan fingerprint density at radius 2 is 1.32 bits per heavy atom. The van der Waals surface area contributed by atoms with Crippen LogP contribution in [0.25, 0.3) is 0 Å². The van der Waals surface area contributed by atoms with Gasteiger partial charge in [-0.25, -0.2) is 0 Å². The summed E-state index contributed by atoms with van der Waals surface area (Å²) in [6, 6.07) is 4.32. The molecule has 0 unspecified atom stereocenters. The molecule has 1 amide bonds. The number of halogens is 3. The number of alkyl halides is 3. The van der Waals surface area contributed by atoms with E-state index in [1.165, 1.54) is 63.5 Å². The van der Waals surface area contributed by atoms with Gasteiger partial charge in [0.05, 0.1) is 5.56 Å². The molecular formula is C20H30F3NO. The van der Waals surface area contributed by atoms with Crippen molar-refractivity contribution in [3.8, 4) is 0 Å². The third kappa shape index (κ3) is 9.51. The molecule has 5 heteroatoms. The Bertz CT molecular complexity index is 483. The van der Waals surface area contributed by atoms with Crippen molar-refractivity contribution in [3.63, 3.8) is 0 Å². The van der Waals surface area contributed by atoms with Crippen LogP contribution in [0.4, 0.5) is 13.2 Å². The van der Waals surface area contributed by atoms with Crippen molar-refractivity contribution in [2.75, 3.05) is 6.54 Å². The second-order valence-electron chi connectivity index (χ2n) is 6.51. The van der Waals surface area contributed by atoms with Crippen LogP contribution in [-0.2, 0) is 6.18 Å². The Morgan fingerprint density at radius 3 is 1.80 bits per heavy atom. The van der Waals surface area contributed by atoms with Crippen molar-refractivity contribution in [2.45, 2.75) is 77.3 Å². The molecule has 0 atom stereocenters. The maximum atomic E-state index is 12.5. The van der Waals surface area contributed by atoms with Crippen LogP contribution in [0.5, 0.6) is 0 Å². The average molecular weight is 357 g/mol. The highest BCUT2D eigenvalue weighted by Gasteiger charge is 2.30. The van der Waals surface area contributed by atoms with E-state index in [0.29, 0.717) is 6.54 Å². The van der Waals surface area contributed by atoms with Crippen LogP contribution in [0.3, 0.4) is 0 Å². The fourth-order valence-corrected chi connectivity index (χ4v) is 2.73. The molecule has 0 saturated heterocycles. The van der Waals surface area contributed by atoms with Gasteiger partial charge in [-0.05, 0) is 30.7 Å². The minimum atomic E-state index is -4.37. The van der Waals surface area contributed by atoms with E-state index >= 15 is 0 Å². The normalized spacial score (nSPS) is 11.5. The van der Waals surface area contributed by atoms with Crippen molar-refractivity contribution in [3.05, 3.63) is 35.4 Å². The second-order valence-corrected chi connectivity index (χ2v) is 6.51. The van der Waals surface area contributed by atoms with Crippen molar-refractivity contribution in [2.24, 2.45) is 0 Å². The largest absolute Gasteiger partial charge is 0.416 e. The molecule has 2 nitrogen and oxygen atoms in total. The Kier molecular flexibility index (Phi) is 10.3. The minimum Gasteiger partial charge on any atom is -0.352 e. The van der Waals surface area contributed by atoms with Crippen molar-refractivity contribution < 1.29 is 18.0 Å². The first-order chi connectivity index (χ1) is 11.9. The number of rotatable bonds is 12. The molecule has 0 aliphatic rings. The predicted octanol–water partition coefficient (Wildman–Crippen LogP) is 6.36. The molecule has 25 heavy (non-hydrogen) atoms. The van der Waals surface area contributed by atoms with Gasteiger partial charge in [-0.2, -0.15) is 13.2 Å². The summed E-state index contributed by atoms with van der Waals surface area (Å²) < 4.78 is 37.4. The SMILES string of the molecule is CCCCCCCCCCCCNC(=O)c1ccc(C(F)(F)F)cc1. The predicted molar refractivity (Wildman–Crippen MR) is 95.6 cm³/mol. The van der Waals surface area contributed by atoms with Gasteiger partial charge in [0, 0.05) is 12.1 Å². The molecule has 0 aromatic heterocycles. The number of carbonyl (C=O) groups is 1. The summed E-state index contributed by atoms with van der Waals surface area (Å²) in [5, 5.41) is 2.76. The Hall–Kier alpha value is -1.52. The van der Waals surface area contributed by atoms with E-state index < -0.39 is 11.7 Å². The molecule has 142 valence electrons. The van der Waals surface area contributed by atoms with Gasteiger partial charge >= 0.3 is 6.18 Å². The standard InChI is InChI=1S/C20H30F3NO/c1-2-3-4-5-6-7-8-9-10-11-16-24-19(25)17-12-14-18(15-13-17)20(21,22)23/h12-15H,2-11,16H2,1H3,(H,24,25). The van der Waals surface area contributed by atoms with E-state index in [4.69, 9.17) is 0 Å². The number of benzene rings is 1. The number of hydrogen-bond acceptors (Lipinski definition) is 1. The number of unbranched alkanes of at least 4 members (excludes halogenated alkanes) is 9. The Labute approximate surface area is 149 Å². The maximum absolute atomic E-state index is 12.5. The second kappa shape index (κ2) is 11.9. The number of hydrogen-bond donors (Lipinski definition) is 1. The fraction of sp³-hybridized carbons (Fsp3) is 0.650. The molecule has 0 radical (unpaired) electrons. The van der Waals surface area contributed by atoms with Crippen molar-refractivity contribution >= 4 is 5.91 Å². The molecule has 0 fully saturated rings. The molecule has 0 aliphatic carbocycles. The third-order valence-corrected chi connectivity index (χ3v) is 4.29. The molecular weight excluding hydrogens is 327 g/mol. The summed E-state index contributed by atoms with van der Waals surface area (Å²) in [6.45, 7) is 2.78. The van der Waals surface area contributed by atoms with Crippen LogP contribution in [0.2, 0.25) is 0 Å². The van der Waals surface area contributed by atoms with E-state index in [-0.39, 0.29) is 11.5 Å². The lowest BCUT2D eigenvalue weighted by molar-refractivity contribution is -0.137. The zero-order valence-corrected chi connectivity index (χ0v) is 15.1. The molecule has 0 bridgehead atoms.